The maximum Gasteiger partial charge on any atom is 0.233 e. The second-order valence-electron chi connectivity index (χ2n) is 3.47. The quantitative estimate of drug-likeness (QED) is 0.825. The number of rotatable bonds is 2. The molecule has 0 atom stereocenters. The van der Waals surface area contributed by atoms with E-state index in [1.165, 1.54) is 7.11 Å². The van der Waals surface area contributed by atoms with Crippen molar-refractivity contribution in [3.63, 3.8) is 0 Å². The van der Waals surface area contributed by atoms with Crippen molar-refractivity contribution in [2.75, 3.05) is 12.8 Å². The highest BCUT2D eigenvalue weighted by Crippen LogP contribution is 2.18. The third kappa shape index (κ3) is 2.04. The van der Waals surface area contributed by atoms with Crippen LogP contribution >= 0.6 is 0 Å². The third-order valence-electron chi connectivity index (χ3n) is 2.31. The van der Waals surface area contributed by atoms with E-state index in [0.717, 1.165) is 0 Å². The third-order valence-corrected chi connectivity index (χ3v) is 2.31. The Morgan fingerprint density at radius 1 is 1.28 bits per heavy atom. The van der Waals surface area contributed by atoms with Gasteiger partial charge in [-0.3, -0.25) is 0 Å². The summed E-state index contributed by atoms with van der Waals surface area (Å²) in [5, 5.41) is 16.6. The van der Waals surface area contributed by atoms with Crippen LogP contribution in [0.3, 0.4) is 0 Å². The van der Waals surface area contributed by atoms with Crippen molar-refractivity contribution < 1.29 is 4.74 Å². The minimum atomic E-state index is 0.137. The van der Waals surface area contributed by atoms with E-state index in [1.807, 2.05) is 6.07 Å². The van der Waals surface area contributed by atoms with Crippen LogP contribution < -0.4 is 10.5 Å². The first-order valence-corrected chi connectivity index (χ1v) is 5.08. The number of hydrogen-bond donors (Lipinski definition) is 1. The van der Waals surface area contributed by atoms with Crippen LogP contribution in [-0.4, -0.2) is 27.3 Å². The first-order chi connectivity index (χ1) is 8.65. The van der Waals surface area contributed by atoms with E-state index in [0.29, 0.717) is 23.1 Å². The Morgan fingerprint density at radius 2 is 2.06 bits per heavy atom. The van der Waals surface area contributed by atoms with E-state index in [2.05, 4.69) is 20.2 Å². The summed E-state index contributed by atoms with van der Waals surface area (Å²) in [5.74, 6) is 0.869. The van der Waals surface area contributed by atoms with Crippen LogP contribution in [0.4, 0.5) is 5.82 Å². The highest BCUT2D eigenvalue weighted by Gasteiger charge is 2.11. The van der Waals surface area contributed by atoms with Crippen molar-refractivity contribution in [1.29, 1.82) is 5.26 Å². The average molecular weight is 242 g/mol. The highest BCUT2D eigenvalue weighted by molar-refractivity contribution is 5.58. The Kier molecular flexibility index (Phi) is 3.02. The topological polar surface area (TPSA) is 111 Å². The van der Waals surface area contributed by atoms with Crippen molar-refractivity contribution in [2.45, 2.75) is 6.92 Å². The Balaban J connectivity index is 2.48. The van der Waals surface area contributed by atoms with Gasteiger partial charge < -0.3 is 10.5 Å². The molecule has 2 aromatic heterocycles. The molecule has 90 valence electrons. The van der Waals surface area contributed by atoms with Crippen molar-refractivity contribution in [3.8, 4) is 23.5 Å². The van der Waals surface area contributed by atoms with E-state index >= 15 is 0 Å². The fourth-order valence-corrected chi connectivity index (χ4v) is 1.40. The Morgan fingerprint density at radius 3 is 2.56 bits per heavy atom. The van der Waals surface area contributed by atoms with Crippen LogP contribution in [0.25, 0.3) is 11.5 Å². The SMILES string of the molecule is COc1ccc(-c2nc(C)c(C#N)c(N)n2)nn1. The largest absolute Gasteiger partial charge is 0.480 e. The molecule has 2 aromatic rings. The van der Waals surface area contributed by atoms with E-state index in [1.54, 1.807) is 19.1 Å². The summed E-state index contributed by atoms with van der Waals surface area (Å²) in [7, 11) is 1.50. The number of ether oxygens (including phenoxy) is 1. The molecule has 2 rings (SSSR count). The van der Waals surface area contributed by atoms with Crippen molar-refractivity contribution >= 4 is 5.82 Å². The Hall–Kier alpha value is -2.75. The number of aryl methyl sites for hydroxylation is 1. The van der Waals surface area contributed by atoms with Crippen LogP contribution in [0.2, 0.25) is 0 Å². The minimum Gasteiger partial charge on any atom is -0.480 e. The van der Waals surface area contributed by atoms with Gasteiger partial charge in [-0.2, -0.15) is 5.26 Å². The van der Waals surface area contributed by atoms with Crippen LogP contribution in [0.5, 0.6) is 5.88 Å². The molecule has 7 heteroatoms. The molecule has 0 amide bonds. The maximum atomic E-state index is 8.87. The zero-order valence-electron chi connectivity index (χ0n) is 9.88. The van der Waals surface area contributed by atoms with Gasteiger partial charge in [0, 0.05) is 6.07 Å². The van der Waals surface area contributed by atoms with Gasteiger partial charge in [-0.1, -0.05) is 0 Å². The molecule has 0 aromatic carbocycles. The van der Waals surface area contributed by atoms with Crippen molar-refractivity contribution in [1.82, 2.24) is 20.2 Å². The lowest BCUT2D eigenvalue weighted by molar-refractivity contribution is 0.392. The molecule has 0 spiro atoms. The predicted molar refractivity (Wildman–Crippen MR) is 63.5 cm³/mol. The van der Waals surface area contributed by atoms with Gasteiger partial charge in [-0.05, 0) is 13.0 Å². The first kappa shape index (κ1) is 11.7. The molecule has 2 heterocycles. The Labute approximate surface area is 103 Å². The molecule has 0 fully saturated rings. The number of aromatic nitrogens is 4. The summed E-state index contributed by atoms with van der Waals surface area (Å²) in [6.45, 7) is 1.69. The zero-order chi connectivity index (χ0) is 13.1. The van der Waals surface area contributed by atoms with E-state index < -0.39 is 0 Å². The molecule has 0 radical (unpaired) electrons. The van der Waals surface area contributed by atoms with Crippen LogP contribution in [0.1, 0.15) is 11.3 Å². The molecular weight excluding hydrogens is 232 g/mol. The van der Waals surface area contributed by atoms with Crippen molar-refractivity contribution in [3.05, 3.63) is 23.4 Å². The molecule has 0 saturated carbocycles. The number of nitrogen functional groups attached to an aromatic ring is 1. The number of methoxy groups -OCH3 is 1. The van der Waals surface area contributed by atoms with Gasteiger partial charge >= 0.3 is 0 Å². The molecule has 0 aliphatic rings. The molecule has 7 nitrogen and oxygen atoms in total. The van der Waals surface area contributed by atoms with Gasteiger partial charge in [0.25, 0.3) is 0 Å². The lowest BCUT2D eigenvalue weighted by Gasteiger charge is -2.04. The monoisotopic (exact) mass is 242 g/mol. The van der Waals surface area contributed by atoms with Gasteiger partial charge in [-0.15, -0.1) is 10.2 Å². The lowest BCUT2D eigenvalue weighted by Crippen LogP contribution is -2.04. The first-order valence-electron chi connectivity index (χ1n) is 5.08. The summed E-state index contributed by atoms with van der Waals surface area (Å²) in [6.07, 6.45) is 0. The summed E-state index contributed by atoms with van der Waals surface area (Å²) in [6, 6.07) is 5.28. The molecule has 0 saturated heterocycles. The second kappa shape index (κ2) is 4.63. The van der Waals surface area contributed by atoms with E-state index in [-0.39, 0.29) is 11.4 Å². The van der Waals surface area contributed by atoms with E-state index in [4.69, 9.17) is 15.7 Å². The maximum absolute atomic E-state index is 8.87. The van der Waals surface area contributed by atoms with Crippen LogP contribution in [0, 0.1) is 18.3 Å². The smallest absolute Gasteiger partial charge is 0.233 e. The normalized spacial score (nSPS) is 9.83. The van der Waals surface area contributed by atoms with Gasteiger partial charge in [0.15, 0.2) is 5.82 Å². The molecule has 0 bridgehead atoms. The predicted octanol–water partition coefficient (Wildman–Crippen LogP) is 0.705. The zero-order valence-corrected chi connectivity index (χ0v) is 9.88. The summed E-state index contributed by atoms with van der Waals surface area (Å²) < 4.78 is 4.91. The second-order valence-corrected chi connectivity index (χ2v) is 3.47. The molecular formula is C11H10N6O. The highest BCUT2D eigenvalue weighted by atomic mass is 16.5. The van der Waals surface area contributed by atoms with Crippen LogP contribution in [-0.2, 0) is 0 Å². The van der Waals surface area contributed by atoms with Gasteiger partial charge in [0.2, 0.25) is 5.88 Å². The standard InChI is InChI=1S/C11H10N6O/c1-6-7(5-12)10(13)15-11(14-6)8-3-4-9(18-2)17-16-8/h3-4H,1-2H3,(H2,13,14,15). The van der Waals surface area contributed by atoms with Gasteiger partial charge in [0.1, 0.15) is 23.1 Å². The number of hydrogen-bond acceptors (Lipinski definition) is 7. The fraction of sp³-hybridized carbons (Fsp3) is 0.182. The number of nitrogens with zero attached hydrogens (tertiary/aromatic N) is 5. The molecule has 2 N–H and O–H groups in total. The number of nitriles is 1. The minimum absolute atomic E-state index is 0.137. The summed E-state index contributed by atoms with van der Waals surface area (Å²) in [5.41, 5.74) is 6.94. The molecule has 0 aliphatic heterocycles. The average Bonchev–Trinajstić information content (AvgIpc) is 2.38. The van der Waals surface area contributed by atoms with Gasteiger partial charge in [0.05, 0.1) is 12.8 Å². The lowest BCUT2D eigenvalue weighted by atomic mass is 10.2. The Bertz CT molecular complexity index is 593. The molecule has 0 aliphatic carbocycles. The molecule has 0 unspecified atom stereocenters. The summed E-state index contributed by atoms with van der Waals surface area (Å²) in [4.78, 5) is 8.21. The van der Waals surface area contributed by atoms with Gasteiger partial charge in [-0.25, -0.2) is 9.97 Å². The fourth-order valence-electron chi connectivity index (χ4n) is 1.40. The number of anilines is 1. The van der Waals surface area contributed by atoms with Crippen molar-refractivity contribution in [2.24, 2.45) is 0 Å². The number of nitrogens with two attached hydrogens (primary N) is 1. The molecule has 18 heavy (non-hydrogen) atoms. The van der Waals surface area contributed by atoms with E-state index in [9.17, 15) is 0 Å². The summed E-state index contributed by atoms with van der Waals surface area (Å²) >= 11 is 0. The van der Waals surface area contributed by atoms with Crippen LogP contribution in [0.15, 0.2) is 12.1 Å².